The second kappa shape index (κ2) is 7.37. The second-order valence-corrected chi connectivity index (χ2v) is 7.24. The van der Waals surface area contributed by atoms with Crippen molar-refractivity contribution in [1.82, 2.24) is 15.2 Å². The van der Waals surface area contributed by atoms with Gasteiger partial charge in [0.1, 0.15) is 0 Å². The molecule has 1 saturated heterocycles. The molecule has 2 unspecified atom stereocenters. The van der Waals surface area contributed by atoms with E-state index in [9.17, 15) is 0 Å². The standard InChI is InChI=1S/C18H31N3/c1-13(2)9-16-10-20-17(14(3)4)11-21(16)12-18-15(5)7-6-8-19-18/h6-8,13-14,16-17,20H,9-12H2,1-5H3. The average molecular weight is 289 g/mol. The first kappa shape index (κ1) is 16.4. The minimum absolute atomic E-state index is 0.595. The molecule has 1 aromatic rings. The Balaban J connectivity index is 2.11. The second-order valence-electron chi connectivity index (χ2n) is 7.24. The maximum absolute atomic E-state index is 4.59. The first-order valence-electron chi connectivity index (χ1n) is 8.35. The van der Waals surface area contributed by atoms with Gasteiger partial charge in [-0.3, -0.25) is 9.88 Å². The quantitative estimate of drug-likeness (QED) is 0.902. The summed E-state index contributed by atoms with van der Waals surface area (Å²) < 4.78 is 0. The van der Waals surface area contributed by atoms with E-state index in [0.717, 1.165) is 25.6 Å². The van der Waals surface area contributed by atoms with E-state index in [0.29, 0.717) is 18.0 Å². The molecule has 21 heavy (non-hydrogen) atoms. The first-order valence-corrected chi connectivity index (χ1v) is 8.35. The van der Waals surface area contributed by atoms with Crippen molar-refractivity contribution in [1.29, 1.82) is 0 Å². The van der Waals surface area contributed by atoms with E-state index in [4.69, 9.17) is 0 Å². The Hall–Kier alpha value is -0.930. The van der Waals surface area contributed by atoms with Crippen molar-refractivity contribution in [2.45, 2.75) is 59.7 Å². The van der Waals surface area contributed by atoms with Gasteiger partial charge in [0.15, 0.2) is 0 Å². The van der Waals surface area contributed by atoms with E-state index in [1.165, 1.54) is 17.7 Å². The fourth-order valence-electron chi connectivity index (χ4n) is 3.18. The van der Waals surface area contributed by atoms with Crippen LogP contribution in [0.2, 0.25) is 0 Å². The lowest BCUT2D eigenvalue weighted by Gasteiger charge is -2.42. The highest BCUT2D eigenvalue weighted by Crippen LogP contribution is 2.21. The fourth-order valence-corrected chi connectivity index (χ4v) is 3.18. The molecule has 0 aliphatic carbocycles. The Bertz CT molecular complexity index is 442. The van der Waals surface area contributed by atoms with Gasteiger partial charge in [-0.05, 0) is 36.8 Å². The molecule has 0 amide bonds. The van der Waals surface area contributed by atoms with Gasteiger partial charge in [-0.2, -0.15) is 0 Å². The molecule has 0 radical (unpaired) electrons. The number of piperazine rings is 1. The van der Waals surface area contributed by atoms with E-state index >= 15 is 0 Å². The molecule has 1 aliphatic heterocycles. The van der Waals surface area contributed by atoms with E-state index in [1.807, 2.05) is 12.3 Å². The van der Waals surface area contributed by atoms with Crippen LogP contribution in [0.25, 0.3) is 0 Å². The molecule has 0 saturated carbocycles. The van der Waals surface area contributed by atoms with Crippen molar-refractivity contribution in [3.63, 3.8) is 0 Å². The molecule has 1 aliphatic rings. The summed E-state index contributed by atoms with van der Waals surface area (Å²) in [7, 11) is 0. The normalized spacial score (nSPS) is 24.0. The van der Waals surface area contributed by atoms with Crippen LogP contribution in [0.3, 0.4) is 0 Å². The summed E-state index contributed by atoms with van der Waals surface area (Å²) in [6, 6.07) is 5.42. The van der Waals surface area contributed by atoms with Gasteiger partial charge in [0, 0.05) is 37.9 Å². The number of nitrogens with one attached hydrogen (secondary N) is 1. The van der Waals surface area contributed by atoms with Crippen molar-refractivity contribution < 1.29 is 0 Å². The van der Waals surface area contributed by atoms with Crippen molar-refractivity contribution in [3.8, 4) is 0 Å². The molecule has 3 nitrogen and oxygen atoms in total. The third-order valence-electron chi connectivity index (χ3n) is 4.58. The number of rotatable bonds is 5. The summed E-state index contributed by atoms with van der Waals surface area (Å²) >= 11 is 0. The maximum Gasteiger partial charge on any atom is 0.0573 e. The third-order valence-corrected chi connectivity index (χ3v) is 4.58. The Kier molecular flexibility index (Phi) is 5.77. The third kappa shape index (κ3) is 4.52. The minimum atomic E-state index is 0.595. The van der Waals surface area contributed by atoms with E-state index in [-0.39, 0.29) is 0 Å². The molecule has 0 spiro atoms. The summed E-state index contributed by atoms with van der Waals surface area (Å²) in [6.07, 6.45) is 3.17. The largest absolute Gasteiger partial charge is 0.311 e. The lowest BCUT2D eigenvalue weighted by atomic mass is 9.94. The summed E-state index contributed by atoms with van der Waals surface area (Å²) in [5.41, 5.74) is 2.54. The molecule has 0 aromatic carbocycles. The molecule has 1 aromatic heterocycles. The van der Waals surface area contributed by atoms with Crippen LogP contribution < -0.4 is 5.32 Å². The van der Waals surface area contributed by atoms with Gasteiger partial charge in [0.05, 0.1) is 5.69 Å². The van der Waals surface area contributed by atoms with Crippen LogP contribution in [0.5, 0.6) is 0 Å². The lowest BCUT2D eigenvalue weighted by Crippen LogP contribution is -2.58. The van der Waals surface area contributed by atoms with Crippen molar-refractivity contribution in [2.24, 2.45) is 11.8 Å². The lowest BCUT2D eigenvalue weighted by molar-refractivity contribution is 0.0910. The van der Waals surface area contributed by atoms with Gasteiger partial charge in [0.2, 0.25) is 0 Å². The Morgan fingerprint density at radius 3 is 2.71 bits per heavy atom. The molecule has 0 bridgehead atoms. The fraction of sp³-hybridized carbons (Fsp3) is 0.722. The minimum Gasteiger partial charge on any atom is -0.311 e. The van der Waals surface area contributed by atoms with Crippen LogP contribution in [-0.2, 0) is 6.54 Å². The zero-order chi connectivity index (χ0) is 15.4. The van der Waals surface area contributed by atoms with Gasteiger partial charge in [-0.15, -0.1) is 0 Å². The van der Waals surface area contributed by atoms with Crippen molar-refractivity contribution in [3.05, 3.63) is 29.6 Å². The molecule has 2 rings (SSSR count). The zero-order valence-corrected chi connectivity index (χ0v) is 14.3. The molecule has 1 fully saturated rings. The highest BCUT2D eigenvalue weighted by Gasteiger charge is 2.30. The number of hydrogen-bond acceptors (Lipinski definition) is 3. The van der Waals surface area contributed by atoms with Crippen molar-refractivity contribution >= 4 is 0 Å². The smallest absolute Gasteiger partial charge is 0.0573 e. The highest BCUT2D eigenvalue weighted by atomic mass is 15.2. The monoisotopic (exact) mass is 289 g/mol. The van der Waals surface area contributed by atoms with Gasteiger partial charge < -0.3 is 5.32 Å². The van der Waals surface area contributed by atoms with Crippen LogP contribution in [0, 0.1) is 18.8 Å². The molecule has 1 N–H and O–H groups in total. The number of nitrogens with zero attached hydrogens (tertiary/aromatic N) is 2. The number of aromatic nitrogens is 1. The Labute approximate surface area is 130 Å². The predicted molar refractivity (Wildman–Crippen MR) is 89.3 cm³/mol. The summed E-state index contributed by atoms with van der Waals surface area (Å²) in [5.74, 6) is 1.41. The molecule has 2 heterocycles. The van der Waals surface area contributed by atoms with Crippen LogP contribution in [0.1, 0.15) is 45.4 Å². The SMILES string of the molecule is Cc1cccnc1CN1CC(C(C)C)NCC1CC(C)C. The topological polar surface area (TPSA) is 28.2 Å². The zero-order valence-electron chi connectivity index (χ0n) is 14.3. The van der Waals surface area contributed by atoms with Crippen LogP contribution in [-0.4, -0.2) is 35.1 Å². The molecule has 118 valence electrons. The van der Waals surface area contributed by atoms with Crippen LogP contribution in [0.15, 0.2) is 18.3 Å². The van der Waals surface area contributed by atoms with E-state index < -0.39 is 0 Å². The maximum atomic E-state index is 4.59. The molecule has 3 heteroatoms. The van der Waals surface area contributed by atoms with E-state index in [1.54, 1.807) is 0 Å². The highest BCUT2D eigenvalue weighted by molar-refractivity contribution is 5.17. The van der Waals surface area contributed by atoms with Crippen LogP contribution >= 0.6 is 0 Å². The number of pyridine rings is 1. The number of aryl methyl sites for hydroxylation is 1. The van der Waals surface area contributed by atoms with Gasteiger partial charge in [-0.1, -0.05) is 33.8 Å². The summed E-state index contributed by atoms with van der Waals surface area (Å²) in [4.78, 5) is 7.24. The van der Waals surface area contributed by atoms with Crippen LogP contribution in [0.4, 0.5) is 0 Å². The Morgan fingerprint density at radius 1 is 1.33 bits per heavy atom. The van der Waals surface area contributed by atoms with Gasteiger partial charge >= 0.3 is 0 Å². The number of hydrogen-bond donors (Lipinski definition) is 1. The predicted octanol–water partition coefficient (Wildman–Crippen LogP) is 3.23. The Morgan fingerprint density at radius 2 is 2.10 bits per heavy atom. The molecular formula is C18H31N3. The van der Waals surface area contributed by atoms with Crippen molar-refractivity contribution in [2.75, 3.05) is 13.1 Å². The summed E-state index contributed by atoms with van der Waals surface area (Å²) in [6.45, 7) is 14.6. The molecule has 2 atom stereocenters. The van der Waals surface area contributed by atoms with Gasteiger partial charge in [-0.25, -0.2) is 0 Å². The van der Waals surface area contributed by atoms with Gasteiger partial charge in [0.25, 0.3) is 0 Å². The average Bonchev–Trinajstić information content (AvgIpc) is 2.42. The summed E-state index contributed by atoms with van der Waals surface area (Å²) in [5, 5.41) is 3.74. The van der Waals surface area contributed by atoms with E-state index in [2.05, 4.69) is 55.9 Å². The first-order chi connectivity index (χ1) is 9.97. The molecular weight excluding hydrogens is 258 g/mol.